The zero-order valence-electron chi connectivity index (χ0n) is 20.4. The molecule has 0 unspecified atom stereocenters. The Kier molecular flexibility index (Phi) is 5.40. The van der Waals surface area contributed by atoms with E-state index in [1.54, 1.807) is 60.4 Å². The molecule has 0 atom stereocenters. The fourth-order valence-electron chi connectivity index (χ4n) is 5.47. The number of benzene rings is 3. The Morgan fingerprint density at radius 1 is 0.974 bits per heavy atom. The standard InChI is InChI=1S/C29H21FN4O3S/c1-17-14-19(10-11-24(17)31-2)33-27(37)29(12-5-13-29)34(28(33)38)20-9-8-18(23(30)15-20)16-32-25(35)21-6-3-4-7-22(21)26(32)36/h3-4,6-11,14-15H,5,12-13,16H2,1H3. The van der Waals surface area contributed by atoms with Crippen molar-refractivity contribution in [3.63, 3.8) is 0 Å². The first-order chi connectivity index (χ1) is 18.3. The summed E-state index contributed by atoms with van der Waals surface area (Å²) in [4.78, 5) is 46.9. The van der Waals surface area contributed by atoms with E-state index in [1.807, 2.05) is 0 Å². The maximum atomic E-state index is 15.4. The number of anilines is 2. The van der Waals surface area contributed by atoms with Crippen LogP contribution in [-0.4, -0.2) is 33.3 Å². The van der Waals surface area contributed by atoms with Gasteiger partial charge in [0.2, 0.25) is 0 Å². The fourth-order valence-corrected chi connectivity index (χ4v) is 5.94. The number of fused-ring (bicyclic) bond motifs is 1. The van der Waals surface area contributed by atoms with Gasteiger partial charge in [0.05, 0.1) is 24.2 Å². The lowest BCUT2D eigenvalue weighted by Gasteiger charge is -2.43. The normalized spacial score (nSPS) is 17.8. The maximum absolute atomic E-state index is 15.4. The van der Waals surface area contributed by atoms with E-state index in [2.05, 4.69) is 4.85 Å². The highest BCUT2D eigenvalue weighted by atomic mass is 32.1. The highest BCUT2D eigenvalue weighted by Gasteiger charge is 2.59. The van der Waals surface area contributed by atoms with Crippen molar-refractivity contribution in [2.75, 3.05) is 9.80 Å². The van der Waals surface area contributed by atoms with Crippen molar-refractivity contribution in [2.45, 2.75) is 38.3 Å². The van der Waals surface area contributed by atoms with E-state index in [9.17, 15) is 14.4 Å². The third-order valence-corrected chi connectivity index (χ3v) is 8.02. The molecule has 3 amide bonds. The molecule has 1 saturated carbocycles. The second-order valence-electron chi connectivity index (χ2n) is 9.74. The molecule has 0 radical (unpaired) electrons. The van der Waals surface area contributed by atoms with E-state index in [1.165, 1.54) is 17.0 Å². The van der Waals surface area contributed by atoms with Crippen molar-refractivity contribution in [1.82, 2.24) is 4.90 Å². The van der Waals surface area contributed by atoms with Crippen LogP contribution in [0.4, 0.5) is 21.5 Å². The zero-order valence-corrected chi connectivity index (χ0v) is 21.2. The minimum absolute atomic E-state index is 0.167. The molecule has 2 fully saturated rings. The molecule has 0 bridgehead atoms. The van der Waals surface area contributed by atoms with Gasteiger partial charge in [-0.2, -0.15) is 0 Å². The van der Waals surface area contributed by atoms with E-state index >= 15 is 4.39 Å². The maximum Gasteiger partial charge on any atom is 0.261 e. The van der Waals surface area contributed by atoms with E-state index in [0.29, 0.717) is 41.0 Å². The summed E-state index contributed by atoms with van der Waals surface area (Å²) in [6.07, 6.45) is 2.01. The number of halogens is 1. The largest absolute Gasteiger partial charge is 0.303 e. The van der Waals surface area contributed by atoms with Gasteiger partial charge in [-0.05, 0) is 80.4 Å². The van der Waals surface area contributed by atoms with E-state index in [0.717, 1.165) is 16.9 Å². The third-order valence-electron chi connectivity index (χ3n) is 7.65. The minimum Gasteiger partial charge on any atom is -0.303 e. The molecule has 0 aromatic heterocycles. The number of hydrogen-bond acceptors (Lipinski definition) is 4. The number of amides is 3. The van der Waals surface area contributed by atoms with Crippen LogP contribution < -0.4 is 9.80 Å². The minimum atomic E-state index is -0.889. The van der Waals surface area contributed by atoms with Crippen LogP contribution in [0.2, 0.25) is 0 Å². The highest BCUT2D eigenvalue weighted by Crippen LogP contribution is 2.48. The summed E-state index contributed by atoms with van der Waals surface area (Å²) in [6.45, 7) is 8.89. The number of nitrogens with zero attached hydrogens (tertiary/aromatic N) is 4. The van der Waals surface area contributed by atoms with Gasteiger partial charge in [0, 0.05) is 16.9 Å². The van der Waals surface area contributed by atoms with Crippen LogP contribution in [0.15, 0.2) is 60.7 Å². The van der Waals surface area contributed by atoms with Crippen molar-refractivity contribution in [2.24, 2.45) is 0 Å². The molecule has 3 aromatic rings. The Bertz CT molecular complexity index is 1590. The molecule has 3 aliphatic rings. The number of aryl methyl sites for hydroxylation is 1. The Hall–Kier alpha value is -4.42. The molecule has 6 rings (SSSR count). The number of carbonyl (C=O) groups excluding carboxylic acids is 3. The quantitative estimate of drug-likeness (QED) is 0.255. The average Bonchev–Trinajstić information content (AvgIpc) is 3.27. The van der Waals surface area contributed by atoms with Gasteiger partial charge in [-0.15, -0.1) is 0 Å². The molecule has 9 heteroatoms. The molecule has 1 aliphatic carbocycles. The first-order valence-electron chi connectivity index (χ1n) is 12.2. The van der Waals surface area contributed by atoms with Crippen LogP contribution in [0.3, 0.4) is 0 Å². The monoisotopic (exact) mass is 524 g/mol. The molecule has 188 valence electrons. The third kappa shape index (κ3) is 3.30. The SMILES string of the molecule is [C-]#[N+]c1ccc(N2C(=O)C3(CCC3)N(c3ccc(CN4C(=O)c5ccccc5C4=O)c(F)c3)C2=S)cc1C. The van der Waals surface area contributed by atoms with Crippen LogP contribution in [0.25, 0.3) is 4.85 Å². The Labute approximate surface area is 223 Å². The first kappa shape index (κ1) is 23.9. The highest BCUT2D eigenvalue weighted by molar-refractivity contribution is 7.81. The van der Waals surface area contributed by atoms with E-state index in [-0.39, 0.29) is 23.1 Å². The van der Waals surface area contributed by atoms with Crippen molar-refractivity contribution >= 4 is 52.1 Å². The zero-order chi connectivity index (χ0) is 26.8. The number of rotatable bonds is 4. The molecule has 38 heavy (non-hydrogen) atoms. The summed E-state index contributed by atoms with van der Waals surface area (Å²) in [6, 6.07) is 16.2. The molecule has 3 aromatic carbocycles. The van der Waals surface area contributed by atoms with Gasteiger partial charge in [0.1, 0.15) is 11.4 Å². The van der Waals surface area contributed by atoms with E-state index < -0.39 is 23.2 Å². The molecule has 0 N–H and O–H groups in total. The summed E-state index contributed by atoms with van der Waals surface area (Å²) in [5.74, 6) is -1.67. The van der Waals surface area contributed by atoms with Crippen LogP contribution in [0.1, 0.15) is 51.1 Å². The van der Waals surface area contributed by atoms with Gasteiger partial charge < -0.3 is 4.90 Å². The van der Waals surface area contributed by atoms with Crippen molar-refractivity contribution in [3.05, 3.63) is 100 Å². The summed E-state index contributed by atoms with van der Waals surface area (Å²) >= 11 is 5.77. The summed E-state index contributed by atoms with van der Waals surface area (Å²) in [5, 5.41) is 0.247. The predicted molar refractivity (Wildman–Crippen MR) is 144 cm³/mol. The number of carbonyl (C=O) groups is 3. The second-order valence-corrected chi connectivity index (χ2v) is 10.1. The summed E-state index contributed by atoms with van der Waals surface area (Å²) in [5.41, 5.74) is 2.15. The van der Waals surface area contributed by atoms with E-state index in [4.69, 9.17) is 18.8 Å². The Balaban J connectivity index is 1.31. The molecule has 7 nitrogen and oxygen atoms in total. The number of thiocarbonyl (C=S) groups is 1. The lowest BCUT2D eigenvalue weighted by atomic mass is 9.75. The first-order valence-corrected chi connectivity index (χ1v) is 12.6. The van der Waals surface area contributed by atoms with Gasteiger partial charge in [-0.25, -0.2) is 9.24 Å². The molecule has 2 aliphatic heterocycles. The number of hydrogen-bond donors (Lipinski definition) is 0. The van der Waals surface area contributed by atoms with Crippen molar-refractivity contribution in [1.29, 1.82) is 0 Å². The van der Waals surface area contributed by atoms with Crippen molar-refractivity contribution < 1.29 is 18.8 Å². The van der Waals surface area contributed by atoms with Crippen LogP contribution >= 0.6 is 12.2 Å². The lowest BCUT2D eigenvalue weighted by molar-refractivity contribution is -0.123. The number of imide groups is 1. The van der Waals surface area contributed by atoms with Crippen LogP contribution in [0, 0.1) is 19.3 Å². The van der Waals surface area contributed by atoms with Gasteiger partial charge in [-0.3, -0.25) is 24.2 Å². The van der Waals surface area contributed by atoms with Gasteiger partial charge in [0.15, 0.2) is 10.8 Å². The van der Waals surface area contributed by atoms with Gasteiger partial charge in [0.25, 0.3) is 17.7 Å². The predicted octanol–water partition coefficient (Wildman–Crippen LogP) is 5.54. The Morgan fingerprint density at radius 2 is 1.63 bits per heavy atom. The molecule has 1 spiro atoms. The van der Waals surface area contributed by atoms with Gasteiger partial charge >= 0.3 is 0 Å². The lowest BCUT2D eigenvalue weighted by Crippen LogP contribution is -2.55. The molecule has 1 saturated heterocycles. The van der Waals surface area contributed by atoms with Crippen LogP contribution in [0.5, 0.6) is 0 Å². The topological polar surface area (TPSA) is 65.3 Å². The average molecular weight is 525 g/mol. The van der Waals surface area contributed by atoms with Gasteiger partial charge in [-0.1, -0.05) is 24.3 Å². The van der Waals surface area contributed by atoms with Crippen molar-refractivity contribution in [3.8, 4) is 0 Å². The Morgan fingerprint density at radius 3 is 2.18 bits per heavy atom. The van der Waals surface area contributed by atoms with Crippen LogP contribution in [-0.2, 0) is 11.3 Å². The molecular formula is C29H21FN4O3S. The summed E-state index contributed by atoms with van der Waals surface area (Å²) in [7, 11) is 0. The smallest absolute Gasteiger partial charge is 0.261 e. The summed E-state index contributed by atoms with van der Waals surface area (Å²) < 4.78 is 15.4. The fraction of sp³-hybridized carbons (Fsp3) is 0.207. The molecular weight excluding hydrogens is 503 g/mol. The molecule has 2 heterocycles. The second kappa shape index (κ2) is 8.57.